The zero-order valence-electron chi connectivity index (χ0n) is 13.7. The van der Waals surface area contributed by atoms with E-state index in [-0.39, 0.29) is 11.5 Å². The monoisotopic (exact) mass is 342 g/mol. The second-order valence-electron chi connectivity index (χ2n) is 6.60. The maximum atomic E-state index is 10.5. The fourth-order valence-corrected chi connectivity index (χ4v) is 4.76. The minimum Gasteiger partial charge on any atom is -0.504 e. The Morgan fingerprint density at radius 3 is 2.88 bits per heavy atom. The molecule has 0 unspecified atom stereocenters. The van der Waals surface area contributed by atoms with Crippen molar-refractivity contribution in [1.29, 1.82) is 0 Å². The van der Waals surface area contributed by atoms with Gasteiger partial charge in [-0.25, -0.2) is 0 Å². The zero-order chi connectivity index (χ0) is 16.8. The van der Waals surface area contributed by atoms with Crippen LogP contribution in [-0.4, -0.2) is 41.0 Å². The van der Waals surface area contributed by atoms with Crippen LogP contribution in [0, 0.1) is 0 Å². The first-order valence-electron chi connectivity index (χ1n) is 8.34. The Labute approximate surface area is 146 Å². The van der Waals surface area contributed by atoms with E-state index >= 15 is 0 Å². The van der Waals surface area contributed by atoms with Crippen LogP contribution in [0.25, 0.3) is 11.1 Å². The number of likely N-dealkylation sites (N-methyl/N-ethyl adjacent to an activating group) is 1. The number of hydrogen-bond donors (Lipinski definition) is 3. The zero-order valence-corrected chi connectivity index (χ0v) is 14.6. The molecule has 4 rings (SSSR count). The fourth-order valence-electron chi connectivity index (χ4n) is 3.98. The van der Waals surface area contributed by atoms with E-state index in [1.54, 1.807) is 17.8 Å². The molecule has 4 N–H and O–H groups in total. The highest BCUT2D eigenvalue weighted by Gasteiger charge is 2.34. The average molecular weight is 342 g/mol. The van der Waals surface area contributed by atoms with Crippen LogP contribution in [0.3, 0.4) is 0 Å². The smallest absolute Gasteiger partial charge is 0.165 e. The van der Waals surface area contributed by atoms with Crippen LogP contribution in [-0.2, 0) is 12.8 Å². The Morgan fingerprint density at radius 2 is 2.08 bits per heavy atom. The molecule has 24 heavy (non-hydrogen) atoms. The minimum absolute atomic E-state index is 0.00218. The lowest BCUT2D eigenvalue weighted by molar-refractivity contribution is 0.227. The highest BCUT2D eigenvalue weighted by Crippen LogP contribution is 2.51. The van der Waals surface area contributed by atoms with Crippen LogP contribution in [0.2, 0.25) is 0 Å². The van der Waals surface area contributed by atoms with Gasteiger partial charge in [0.05, 0.1) is 0 Å². The highest BCUT2D eigenvalue weighted by molar-refractivity contribution is 7.99. The molecule has 1 atom stereocenters. The van der Waals surface area contributed by atoms with E-state index in [9.17, 15) is 10.2 Å². The van der Waals surface area contributed by atoms with Gasteiger partial charge in [0.1, 0.15) is 0 Å². The number of nitrogens with zero attached hydrogens (tertiary/aromatic N) is 1. The maximum Gasteiger partial charge on any atom is 0.165 e. The molecule has 4 nitrogen and oxygen atoms in total. The van der Waals surface area contributed by atoms with Crippen LogP contribution >= 0.6 is 11.8 Å². The molecular formula is C19H22N2O2S. The summed E-state index contributed by atoms with van der Waals surface area (Å²) in [6.07, 6.45) is 1.89. The number of thioether (sulfide) groups is 1. The van der Waals surface area contributed by atoms with Crippen molar-refractivity contribution in [2.24, 2.45) is 5.73 Å². The van der Waals surface area contributed by atoms with Gasteiger partial charge in [0.25, 0.3) is 0 Å². The van der Waals surface area contributed by atoms with Gasteiger partial charge in [0, 0.05) is 35.3 Å². The summed E-state index contributed by atoms with van der Waals surface area (Å²) < 4.78 is 0. The molecule has 1 aliphatic heterocycles. The van der Waals surface area contributed by atoms with Crippen molar-refractivity contribution in [2.45, 2.75) is 23.8 Å². The molecule has 2 aliphatic rings. The van der Waals surface area contributed by atoms with Gasteiger partial charge in [0.2, 0.25) is 0 Å². The number of nitrogens with two attached hydrogens (primary N) is 1. The Hall–Kier alpha value is -1.69. The first-order valence-corrected chi connectivity index (χ1v) is 9.32. The highest BCUT2D eigenvalue weighted by atomic mass is 32.2. The van der Waals surface area contributed by atoms with E-state index in [4.69, 9.17) is 5.73 Å². The van der Waals surface area contributed by atoms with Crippen molar-refractivity contribution in [3.05, 3.63) is 41.0 Å². The van der Waals surface area contributed by atoms with Crippen molar-refractivity contribution < 1.29 is 10.2 Å². The number of phenols is 2. The third-order valence-electron chi connectivity index (χ3n) is 5.15. The number of hydrogen-bond acceptors (Lipinski definition) is 5. The van der Waals surface area contributed by atoms with E-state index in [1.807, 2.05) is 6.07 Å². The fraction of sp³-hybridized carbons (Fsp3) is 0.368. The molecule has 0 bridgehead atoms. The first-order chi connectivity index (χ1) is 11.6. The number of fused-ring (bicyclic) bond motifs is 2. The average Bonchev–Trinajstić information content (AvgIpc) is 2.59. The summed E-state index contributed by atoms with van der Waals surface area (Å²) in [5.74, 6) is 0.827. The van der Waals surface area contributed by atoms with Crippen LogP contribution in [0.1, 0.15) is 22.7 Å². The molecule has 1 heterocycles. The molecule has 5 heteroatoms. The number of aromatic hydroxyl groups is 2. The summed E-state index contributed by atoms with van der Waals surface area (Å²) in [5, 5.41) is 20.5. The molecule has 0 saturated heterocycles. The molecule has 0 radical (unpaired) electrons. The van der Waals surface area contributed by atoms with Gasteiger partial charge in [-0.2, -0.15) is 0 Å². The van der Waals surface area contributed by atoms with E-state index < -0.39 is 0 Å². The topological polar surface area (TPSA) is 69.7 Å². The normalized spacial score (nSPS) is 19.0. The van der Waals surface area contributed by atoms with Crippen LogP contribution in [0.15, 0.2) is 29.2 Å². The summed E-state index contributed by atoms with van der Waals surface area (Å²) in [4.78, 5) is 3.58. The quantitative estimate of drug-likeness (QED) is 0.591. The SMILES string of the molecule is CN1CCc2cc(SCCN)cc3c2[C@H]1Cc1ccc(O)c(O)c1-3. The number of rotatable bonds is 3. The van der Waals surface area contributed by atoms with Gasteiger partial charge in [-0.1, -0.05) is 6.07 Å². The first kappa shape index (κ1) is 15.8. The van der Waals surface area contributed by atoms with Crippen molar-refractivity contribution in [2.75, 3.05) is 25.9 Å². The lowest BCUT2D eigenvalue weighted by atomic mass is 9.77. The number of phenolic OH excluding ortho intramolecular Hbond substituents is 2. The molecule has 0 amide bonds. The molecule has 1 aliphatic carbocycles. The lowest BCUT2D eigenvalue weighted by Crippen LogP contribution is -2.35. The number of benzene rings is 2. The Bertz CT molecular complexity index is 806. The van der Waals surface area contributed by atoms with Crippen molar-refractivity contribution in [3.8, 4) is 22.6 Å². The minimum atomic E-state index is -0.0508. The van der Waals surface area contributed by atoms with Crippen LogP contribution in [0.5, 0.6) is 11.5 Å². The standard InChI is InChI=1S/C19H22N2O2S/c1-21-6-4-12-8-13(24-7-5-20)10-14-17(12)15(21)9-11-2-3-16(22)19(23)18(11)14/h2-3,8,10,15,22-23H,4-7,9,20H2,1H3/t15-/m1/s1. The van der Waals surface area contributed by atoms with Crippen LogP contribution in [0.4, 0.5) is 0 Å². The molecule has 2 aromatic carbocycles. The Morgan fingerprint density at radius 1 is 1.25 bits per heavy atom. The summed E-state index contributed by atoms with van der Waals surface area (Å²) in [7, 11) is 2.17. The summed E-state index contributed by atoms with van der Waals surface area (Å²) in [5.41, 5.74) is 11.3. The van der Waals surface area contributed by atoms with E-state index in [0.29, 0.717) is 12.6 Å². The van der Waals surface area contributed by atoms with Crippen molar-refractivity contribution in [1.82, 2.24) is 4.90 Å². The van der Waals surface area contributed by atoms with Gasteiger partial charge in [0.15, 0.2) is 11.5 Å². The van der Waals surface area contributed by atoms with Crippen molar-refractivity contribution in [3.63, 3.8) is 0 Å². The van der Waals surface area contributed by atoms with Gasteiger partial charge in [-0.3, -0.25) is 4.90 Å². The second kappa shape index (κ2) is 5.99. The van der Waals surface area contributed by atoms with E-state index in [2.05, 4.69) is 24.1 Å². The second-order valence-corrected chi connectivity index (χ2v) is 7.77. The summed E-state index contributed by atoms with van der Waals surface area (Å²) in [6, 6.07) is 8.31. The lowest BCUT2D eigenvalue weighted by Gasteiger charge is -2.40. The molecule has 2 aromatic rings. The molecular weight excluding hydrogens is 320 g/mol. The predicted molar refractivity (Wildman–Crippen MR) is 97.8 cm³/mol. The van der Waals surface area contributed by atoms with Gasteiger partial charge >= 0.3 is 0 Å². The summed E-state index contributed by atoms with van der Waals surface area (Å²) in [6.45, 7) is 1.69. The van der Waals surface area contributed by atoms with Gasteiger partial charge < -0.3 is 15.9 Å². The van der Waals surface area contributed by atoms with Crippen LogP contribution < -0.4 is 5.73 Å². The Kier molecular flexibility index (Phi) is 3.95. The van der Waals surface area contributed by atoms with E-state index in [0.717, 1.165) is 41.8 Å². The maximum absolute atomic E-state index is 10.5. The predicted octanol–water partition coefficient (Wildman–Crippen LogP) is 2.90. The van der Waals surface area contributed by atoms with Crippen molar-refractivity contribution >= 4 is 11.8 Å². The Balaban J connectivity index is 1.95. The molecule has 0 saturated carbocycles. The largest absolute Gasteiger partial charge is 0.504 e. The molecule has 0 spiro atoms. The molecule has 126 valence electrons. The van der Waals surface area contributed by atoms with Gasteiger partial charge in [-0.15, -0.1) is 11.8 Å². The summed E-state index contributed by atoms with van der Waals surface area (Å²) >= 11 is 1.75. The van der Waals surface area contributed by atoms with E-state index in [1.165, 1.54) is 16.0 Å². The molecule has 0 aromatic heterocycles. The third-order valence-corrected chi connectivity index (χ3v) is 6.16. The van der Waals surface area contributed by atoms with Gasteiger partial charge in [-0.05, 0) is 60.3 Å². The molecule has 0 fully saturated rings. The third kappa shape index (κ3) is 2.39.